The smallest absolute Gasteiger partial charge is 0.330 e. The van der Waals surface area contributed by atoms with Crippen LogP contribution in [-0.2, 0) is 27.2 Å². The van der Waals surface area contributed by atoms with Crippen LogP contribution in [0.15, 0.2) is 61.3 Å². The van der Waals surface area contributed by atoms with Gasteiger partial charge in [-0.2, -0.15) is 0 Å². The Morgan fingerprint density at radius 1 is 0.544 bits per heavy atom. The molecule has 0 aliphatic rings. The second-order valence-electron chi connectivity index (χ2n) is 26.9. The summed E-state index contributed by atoms with van der Waals surface area (Å²) in [5.74, 6) is 0.527. The first-order valence-corrected chi connectivity index (χ1v) is 37.9. The van der Waals surface area contributed by atoms with Crippen LogP contribution in [0.5, 0.6) is 0 Å². The Morgan fingerprint density at radius 2 is 0.985 bits per heavy atom. The second kappa shape index (κ2) is 27.2. The van der Waals surface area contributed by atoms with E-state index in [4.69, 9.17) is 22.4 Å². The van der Waals surface area contributed by atoms with Crippen LogP contribution in [0.25, 0.3) is 0 Å². The lowest BCUT2D eigenvalue weighted by atomic mass is 9.82. The molecule has 0 saturated heterocycles. The van der Waals surface area contributed by atoms with E-state index in [1.165, 1.54) is 13.2 Å². The van der Waals surface area contributed by atoms with Gasteiger partial charge < -0.3 is 27.5 Å². The van der Waals surface area contributed by atoms with E-state index in [0.29, 0.717) is 18.3 Å². The zero-order valence-electron chi connectivity index (χ0n) is 49.5. The number of methoxy groups -OCH3 is 1. The highest BCUT2D eigenvalue weighted by Gasteiger charge is 2.45. The molecule has 0 rings (SSSR count). The first kappa shape index (κ1) is 66.8. The fourth-order valence-corrected chi connectivity index (χ4v) is 13.1. The standard InChI is InChI=1S/C57H112O7Si4/c1-29-30-33-44(4)52(59)47(7)49(62-66(23,24)55(11,12)13)39-36-42(2)40-46(6)53(64-68(27,28)57(17,18)19)45(5)37-38-48(61-65(21,22)54(8,9)10)41-50(63-67(25,26)56(14,15)16)43(3)34-31-32-35-51(58)60-20/h29-35,37-38,42-50,52-53,59H,1,36,39-41H2,2-28H3/t42-,43-,44-,45-,46+,47-,48+,49+,50-,52-,53-/m0/s1. The lowest BCUT2D eigenvalue weighted by Crippen LogP contribution is -2.48. The largest absolute Gasteiger partial charge is 0.466 e. The van der Waals surface area contributed by atoms with E-state index >= 15 is 0 Å². The molecule has 11 heteroatoms. The zero-order valence-corrected chi connectivity index (χ0v) is 53.5. The molecule has 0 saturated carbocycles. The summed E-state index contributed by atoms with van der Waals surface area (Å²) in [6.07, 6.45) is 20.6. The number of esters is 1. The normalized spacial score (nSPS) is 19.5. The lowest BCUT2D eigenvalue weighted by molar-refractivity contribution is -0.134. The molecule has 0 aromatic heterocycles. The van der Waals surface area contributed by atoms with Gasteiger partial charge in [0.2, 0.25) is 0 Å². The van der Waals surface area contributed by atoms with E-state index in [2.05, 4.69) is 208 Å². The number of carbonyl (C=O) groups is 1. The summed E-state index contributed by atoms with van der Waals surface area (Å²) in [4.78, 5) is 11.8. The van der Waals surface area contributed by atoms with E-state index in [0.717, 1.165) is 19.3 Å². The fraction of sp³-hybridized carbons (Fsp3) is 0.807. The third-order valence-corrected chi connectivity index (χ3v) is 34.6. The van der Waals surface area contributed by atoms with Gasteiger partial charge in [-0.05, 0) is 115 Å². The summed E-state index contributed by atoms with van der Waals surface area (Å²) < 4.78 is 34.2. The number of aliphatic hydroxyl groups is 1. The molecule has 0 aromatic carbocycles. The molecule has 0 amide bonds. The van der Waals surface area contributed by atoms with E-state index in [-0.39, 0.29) is 74.2 Å². The number of rotatable bonds is 28. The maximum absolute atomic E-state index is 11.8. The minimum Gasteiger partial charge on any atom is -0.466 e. The quantitative estimate of drug-likeness (QED) is 0.0275. The number of carbonyl (C=O) groups excluding carboxylic acids is 1. The molecule has 7 nitrogen and oxygen atoms in total. The molecule has 0 unspecified atom stereocenters. The molecular formula is C57H112O7Si4. The topological polar surface area (TPSA) is 83.5 Å². The molecule has 0 radical (unpaired) electrons. The predicted molar refractivity (Wildman–Crippen MR) is 307 cm³/mol. The lowest BCUT2D eigenvalue weighted by Gasteiger charge is -2.44. The Bertz CT molecular complexity index is 1620. The molecule has 0 spiro atoms. The van der Waals surface area contributed by atoms with Gasteiger partial charge in [0.15, 0.2) is 33.3 Å². The summed E-state index contributed by atoms with van der Waals surface area (Å²) in [5, 5.41) is 11.8. The van der Waals surface area contributed by atoms with Crippen LogP contribution in [0, 0.1) is 35.5 Å². The Labute approximate surface area is 426 Å². The monoisotopic (exact) mass is 1020 g/mol. The number of hydrogen-bond donors (Lipinski definition) is 1. The Morgan fingerprint density at radius 3 is 1.44 bits per heavy atom. The molecule has 11 atom stereocenters. The molecule has 0 aliphatic carbocycles. The third kappa shape index (κ3) is 21.9. The van der Waals surface area contributed by atoms with E-state index in [1.807, 2.05) is 12.2 Å². The van der Waals surface area contributed by atoms with Gasteiger partial charge in [-0.3, -0.25) is 0 Å². The summed E-state index contributed by atoms with van der Waals surface area (Å²) in [6.45, 7) is 64.0. The van der Waals surface area contributed by atoms with Gasteiger partial charge in [0.1, 0.15) is 0 Å². The van der Waals surface area contributed by atoms with Crippen molar-refractivity contribution < 1.29 is 32.3 Å². The minimum atomic E-state index is -2.22. The predicted octanol–water partition coefficient (Wildman–Crippen LogP) is 16.9. The van der Waals surface area contributed by atoms with Crippen molar-refractivity contribution in [2.75, 3.05) is 7.11 Å². The van der Waals surface area contributed by atoms with Crippen molar-refractivity contribution >= 4 is 39.2 Å². The first-order valence-electron chi connectivity index (χ1n) is 26.3. The van der Waals surface area contributed by atoms with Crippen LogP contribution in [0.3, 0.4) is 0 Å². The number of allylic oxidation sites excluding steroid dienone is 4. The molecule has 1 N–H and O–H groups in total. The third-order valence-electron chi connectivity index (χ3n) is 16.6. The van der Waals surface area contributed by atoms with Crippen molar-refractivity contribution in [3.05, 3.63) is 61.3 Å². The van der Waals surface area contributed by atoms with Crippen LogP contribution in [-0.4, -0.2) is 82.0 Å². The molecule has 0 aromatic rings. The van der Waals surface area contributed by atoms with Crippen LogP contribution >= 0.6 is 0 Å². The van der Waals surface area contributed by atoms with Crippen molar-refractivity contribution in [3.8, 4) is 0 Å². The van der Waals surface area contributed by atoms with Crippen molar-refractivity contribution in [1.29, 1.82) is 0 Å². The highest BCUT2D eigenvalue weighted by molar-refractivity contribution is 6.75. The van der Waals surface area contributed by atoms with Crippen molar-refractivity contribution in [2.24, 2.45) is 35.5 Å². The number of aliphatic hydroxyl groups excluding tert-OH is 1. The highest BCUT2D eigenvalue weighted by Crippen LogP contribution is 2.44. The van der Waals surface area contributed by atoms with Gasteiger partial charge >= 0.3 is 5.97 Å². The molecule has 68 heavy (non-hydrogen) atoms. The van der Waals surface area contributed by atoms with Crippen molar-refractivity contribution in [2.45, 2.75) is 253 Å². The van der Waals surface area contributed by atoms with Gasteiger partial charge in [-0.15, -0.1) is 0 Å². The van der Waals surface area contributed by atoms with Crippen LogP contribution < -0.4 is 0 Å². The number of hydrogen-bond acceptors (Lipinski definition) is 7. The van der Waals surface area contributed by atoms with E-state index in [9.17, 15) is 9.90 Å². The van der Waals surface area contributed by atoms with Crippen LogP contribution in [0.1, 0.15) is 150 Å². The maximum Gasteiger partial charge on any atom is 0.330 e. The first-order chi connectivity index (χ1) is 30.5. The molecule has 0 fully saturated rings. The SMILES string of the molecule is C=CC=C[C@H](C)[C@H](O)[C@@H](C)[C@@H](CC[C@H](C)C[C@@H](C)[C@@H](O[Si](C)(C)C(C)(C)C)[C@@H](C)C=C[C@H](C[C@H](O[Si](C)(C)C(C)(C)C)[C@@H](C)C=CC=CC(=O)OC)O[Si](C)(C)C(C)(C)C)O[Si](C)(C)C(C)(C)C. The Balaban J connectivity index is 7.22. The molecule has 398 valence electrons. The Hall–Kier alpha value is -1.16. The summed E-state index contributed by atoms with van der Waals surface area (Å²) in [7, 11) is -7.31. The van der Waals surface area contributed by atoms with Crippen LogP contribution in [0.2, 0.25) is 72.5 Å². The summed E-state index contributed by atoms with van der Waals surface area (Å²) in [6, 6.07) is 0. The van der Waals surface area contributed by atoms with Crippen molar-refractivity contribution in [1.82, 2.24) is 0 Å². The van der Waals surface area contributed by atoms with Gasteiger partial charge in [-0.25, -0.2) is 4.79 Å². The number of ether oxygens (including phenoxy) is 1. The van der Waals surface area contributed by atoms with E-state index in [1.54, 1.807) is 12.2 Å². The fourth-order valence-electron chi connectivity index (χ4n) is 7.49. The molecular weight excluding hydrogens is 909 g/mol. The summed E-state index contributed by atoms with van der Waals surface area (Å²) in [5.41, 5.74) is 0. The molecule has 0 heterocycles. The molecule has 0 bridgehead atoms. The minimum absolute atomic E-state index is 0.00169. The van der Waals surface area contributed by atoms with Gasteiger partial charge in [-0.1, -0.05) is 180 Å². The van der Waals surface area contributed by atoms with E-state index < -0.39 is 39.4 Å². The van der Waals surface area contributed by atoms with Gasteiger partial charge in [0.05, 0.1) is 37.6 Å². The second-order valence-corrected chi connectivity index (χ2v) is 45.9. The van der Waals surface area contributed by atoms with Gasteiger partial charge in [0, 0.05) is 24.3 Å². The maximum atomic E-state index is 11.8. The Kier molecular flexibility index (Phi) is 26.8. The summed E-state index contributed by atoms with van der Waals surface area (Å²) >= 11 is 0. The average molecular weight is 1020 g/mol. The molecule has 0 aliphatic heterocycles. The van der Waals surface area contributed by atoms with Crippen molar-refractivity contribution in [3.63, 3.8) is 0 Å². The highest BCUT2D eigenvalue weighted by atomic mass is 28.4. The van der Waals surface area contributed by atoms with Gasteiger partial charge in [0.25, 0.3) is 0 Å². The van der Waals surface area contributed by atoms with Crippen LogP contribution in [0.4, 0.5) is 0 Å². The zero-order chi connectivity index (χ0) is 53.7. The average Bonchev–Trinajstić information content (AvgIpc) is 3.17.